The molecule has 2 atom stereocenters. The SMILES string of the molecule is OCC12CCC(CCN1)C2. The molecule has 0 spiro atoms. The second-order valence-corrected chi connectivity index (χ2v) is 3.76. The van der Waals surface area contributed by atoms with E-state index in [9.17, 15) is 0 Å². The minimum absolute atomic E-state index is 0.142. The zero-order chi connectivity index (χ0) is 7.03. The molecule has 2 unspecified atom stereocenters. The van der Waals surface area contributed by atoms with Crippen LogP contribution in [0.25, 0.3) is 0 Å². The molecule has 1 saturated carbocycles. The normalized spacial score (nSPS) is 45.9. The molecule has 2 fully saturated rings. The summed E-state index contributed by atoms with van der Waals surface area (Å²) < 4.78 is 0. The first-order valence-electron chi connectivity index (χ1n) is 4.21. The van der Waals surface area contributed by atoms with E-state index in [2.05, 4.69) is 5.32 Å². The van der Waals surface area contributed by atoms with Gasteiger partial charge in [-0.05, 0) is 38.1 Å². The molecule has 1 saturated heterocycles. The summed E-state index contributed by atoms with van der Waals surface area (Å²) in [5.41, 5.74) is 0.142. The van der Waals surface area contributed by atoms with Gasteiger partial charge in [-0.15, -0.1) is 0 Å². The van der Waals surface area contributed by atoms with E-state index in [0.29, 0.717) is 6.61 Å². The summed E-state index contributed by atoms with van der Waals surface area (Å²) in [4.78, 5) is 0. The van der Waals surface area contributed by atoms with Crippen molar-refractivity contribution in [3.05, 3.63) is 0 Å². The standard InChI is InChI=1S/C8H15NO/c10-6-8-3-1-7(5-8)2-4-9-8/h7,9-10H,1-6H2. The van der Waals surface area contributed by atoms with Crippen LogP contribution in [-0.4, -0.2) is 23.8 Å². The lowest BCUT2D eigenvalue weighted by Crippen LogP contribution is -2.49. The molecule has 0 amide bonds. The lowest BCUT2D eigenvalue weighted by Gasteiger charge is -2.32. The third-order valence-electron chi connectivity index (χ3n) is 3.07. The predicted octanol–water partition coefficient (Wildman–Crippen LogP) is 0.511. The van der Waals surface area contributed by atoms with Gasteiger partial charge in [0.15, 0.2) is 0 Å². The molecule has 0 radical (unpaired) electrons. The fraction of sp³-hybridized carbons (Fsp3) is 1.00. The third kappa shape index (κ3) is 0.867. The van der Waals surface area contributed by atoms with E-state index in [4.69, 9.17) is 5.11 Å². The van der Waals surface area contributed by atoms with E-state index in [0.717, 1.165) is 12.5 Å². The van der Waals surface area contributed by atoms with Crippen molar-refractivity contribution in [1.82, 2.24) is 5.32 Å². The fourth-order valence-electron chi connectivity index (χ4n) is 2.39. The average molecular weight is 141 g/mol. The molecule has 2 bridgehead atoms. The smallest absolute Gasteiger partial charge is 0.0613 e. The lowest BCUT2D eigenvalue weighted by atomic mass is 9.92. The van der Waals surface area contributed by atoms with Gasteiger partial charge in [-0.3, -0.25) is 0 Å². The van der Waals surface area contributed by atoms with Crippen molar-refractivity contribution in [3.63, 3.8) is 0 Å². The highest BCUT2D eigenvalue weighted by Gasteiger charge is 2.40. The first-order chi connectivity index (χ1) is 4.85. The molecular weight excluding hydrogens is 126 g/mol. The van der Waals surface area contributed by atoms with E-state index in [1.165, 1.54) is 25.7 Å². The maximum Gasteiger partial charge on any atom is 0.0613 e. The van der Waals surface area contributed by atoms with Gasteiger partial charge in [0.25, 0.3) is 0 Å². The van der Waals surface area contributed by atoms with Gasteiger partial charge in [0.05, 0.1) is 6.61 Å². The summed E-state index contributed by atoms with van der Waals surface area (Å²) >= 11 is 0. The highest BCUT2D eigenvalue weighted by Crippen LogP contribution is 2.38. The molecular formula is C8H15NO. The summed E-state index contributed by atoms with van der Waals surface area (Å²) in [5.74, 6) is 0.911. The molecule has 2 N–H and O–H groups in total. The molecule has 0 aromatic carbocycles. The molecule has 1 aliphatic heterocycles. The number of aliphatic hydroxyl groups is 1. The van der Waals surface area contributed by atoms with Crippen LogP contribution in [0.15, 0.2) is 0 Å². The maximum atomic E-state index is 9.11. The first-order valence-corrected chi connectivity index (χ1v) is 4.21. The Balaban J connectivity index is 2.10. The topological polar surface area (TPSA) is 32.3 Å². The summed E-state index contributed by atoms with van der Waals surface area (Å²) in [6, 6.07) is 0. The third-order valence-corrected chi connectivity index (χ3v) is 3.07. The number of piperidine rings is 1. The van der Waals surface area contributed by atoms with E-state index >= 15 is 0 Å². The Labute approximate surface area is 61.6 Å². The van der Waals surface area contributed by atoms with Gasteiger partial charge in [0.1, 0.15) is 0 Å². The van der Waals surface area contributed by atoms with Crippen molar-refractivity contribution in [2.45, 2.75) is 31.2 Å². The lowest BCUT2D eigenvalue weighted by molar-refractivity contribution is 0.145. The van der Waals surface area contributed by atoms with E-state index in [-0.39, 0.29) is 5.54 Å². The van der Waals surface area contributed by atoms with Crippen molar-refractivity contribution in [3.8, 4) is 0 Å². The second-order valence-electron chi connectivity index (χ2n) is 3.76. The van der Waals surface area contributed by atoms with E-state index in [1.807, 2.05) is 0 Å². The summed E-state index contributed by atoms with van der Waals surface area (Å²) in [6.45, 7) is 1.45. The fourth-order valence-corrected chi connectivity index (χ4v) is 2.39. The molecule has 0 aromatic rings. The molecule has 1 aliphatic carbocycles. The van der Waals surface area contributed by atoms with Crippen LogP contribution >= 0.6 is 0 Å². The van der Waals surface area contributed by atoms with Crippen LogP contribution < -0.4 is 5.32 Å². The van der Waals surface area contributed by atoms with Crippen LogP contribution in [0.2, 0.25) is 0 Å². The Bertz CT molecular complexity index is 133. The van der Waals surface area contributed by atoms with Crippen molar-refractivity contribution >= 4 is 0 Å². The molecule has 10 heavy (non-hydrogen) atoms. The number of rotatable bonds is 1. The van der Waals surface area contributed by atoms with Crippen molar-refractivity contribution in [2.24, 2.45) is 5.92 Å². The zero-order valence-electron chi connectivity index (χ0n) is 6.27. The first kappa shape index (κ1) is 6.62. The number of hydrogen-bond donors (Lipinski definition) is 2. The molecule has 0 aromatic heterocycles. The minimum Gasteiger partial charge on any atom is -0.394 e. The van der Waals surface area contributed by atoms with Crippen LogP contribution in [0.3, 0.4) is 0 Å². The highest BCUT2D eigenvalue weighted by molar-refractivity contribution is 4.99. The Morgan fingerprint density at radius 3 is 3.10 bits per heavy atom. The van der Waals surface area contributed by atoms with Crippen molar-refractivity contribution in [2.75, 3.05) is 13.2 Å². The van der Waals surface area contributed by atoms with Gasteiger partial charge in [0.2, 0.25) is 0 Å². The van der Waals surface area contributed by atoms with Gasteiger partial charge in [-0.1, -0.05) is 0 Å². The predicted molar refractivity (Wildman–Crippen MR) is 39.8 cm³/mol. The molecule has 2 nitrogen and oxygen atoms in total. The number of hydrogen-bond acceptors (Lipinski definition) is 2. The van der Waals surface area contributed by atoms with Crippen LogP contribution in [0, 0.1) is 5.92 Å². The molecule has 2 aliphatic rings. The van der Waals surface area contributed by atoms with Gasteiger partial charge < -0.3 is 10.4 Å². The number of fused-ring (bicyclic) bond motifs is 2. The van der Waals surface area contributed by atoms with Crippen LogP contribution in [0.4, 0.5) is 0 Å². The quantitative estimate of drug-likeness (QED) is 0.557. The Morgan fingerprint density at radius 1 is 1.50 bits per heavy atom. The number of nitrogens with one attached hydrogen (secondary N) is 1. The molecule has 1 heterocycles. The van der Waals surface area contributed by atoms with Crippen molar-refractivity contribution < 1.29 is 5.11 Å². The Hall–Kier alpha value is -0.0800. The summed E-state index contributed by atoms with van der Waals surface area (Å²) in [5, 5.41) is 12.5. The van der Waals surface area contributed by atoms with Crippen molar-refractivity contribution in [1.29, 1.82) is 0 Å². The number of aliphatic hydroxyl groups excluding tert-OH is 1. The molecule has 2 heteroatoms. The van der Waals surface area contributed by atoms with Gasteiger partial charge >= 0.3 is 0 Å². The zero-order valence-corrected chi connectivity index (χ0v) is 6.27. The maximum absolute atomic E-state index is 9.11. The van der Waals surface area contributed by atoms with E-state index in [1.54, 1.807) is 0 Å². The van der Waals surface area contributed by atoms with E-state index < -0.39 is 0 Å². The monoisotopic (exact) mass is 141 g/mol. The highest BCUT2D eigenvalue weighted by atomic mass is 16.3. The molecule has 58 valence electrons. The summed E-state index contributed by atoms with van der Waals surface area (Å²) in [6.07, 6.45) is 5.05. The minimum atomic E-state index is 0.142. The van der Waals surface area contributed by atoms with Crippen LogP contribution in [0.5, 0.6) is 0 Å². The van der Waals surface area contributed by atoms with Gasteiger partial charge in [-0.2, -0.15) is 0 Å². The van der Waals surface area contributed by atoms with Crippen LogP contribution in [0.1, 0.15) is 25.7 Å². The average Bonchev–Trinajstić information content (AvgIpc) is 2.29. The van der Waals surface area contributed by atoms with Gasteiger partial charge in [0, 0.05) is 5.54 Å². The summed E-state index contributed by atoms with van der Waals surface area (Å²) in [7, 11) is 0. The second kappa shape index (κ2) is 2.21. The Kier molecular flexibility index (Phi) is 1.46. The Morgan fingerprint density at radius 2 is 2.40 bits per heavy atom. The van der Waals surface area contributed by atoms with Gasteiger partial charge in [-0.25, -0.2) is 0 Å². The van der Waals surface area contributed by atoms with Crippen LogP contribution in [-0.2, 0) is 0 Å². The molecule has 2 rings (SSSR count). The largest absolute Gasteiger partial charge is 0.394 e.